The van der Waals surface area contributed by atoms with E-state index in [9.17, 15) is 19.6 Å². The van der Waals surface area contributed by atoms with Gasteiger partial charge in [-0.3, -0.25) is 24.4 Å². The van der Waals surface area contributed by atoms with Crippen LogP contribution in [-0.4, -0.2) is 78.7 Å². The predicted molar refractivity (Wildman–Crippen MR) is 204 cm³/mol. The van der Waals surface area contributed by atoms with E-state index in [4.69, 9.17) is 4.98 Å². The normalized spacial score (nSPS) is 16.8. The Morgan fingerprint density at radius 1 is 1.08 bits per heavy atom. The number of nitrogens with one attached hydrogen (secondary N) is 5. The zero-order valence-corrected chi connectivity index (χ0v) is 30.2. The summed E-state index contributed by atoms with van der Waals surface area (Å²) in [6.07, 6.45) is 8.47. The number of H-pyrrole nitrogens is 1. The van der Waals surface area contributed by atoms with Gasteiger partial charge in [0.15, 0.2) is 0 Å². The minimum atomic E-state index is -0.360. The van der Waals surface area contributed by atoms with E-state index in [-0.39, 0.29) is 29.2 Å². The topological polar surface area (TPSA) is 186 Å². The van der Waals surface area contributed by atoms with Crippen molar-refractivity contribution in [2.45, 2.75) is 50.5 Å². The molecule has 53 heavy (non-hydrogen) atoms. The maximum Gasteiger partial charge on any atom is 0.251 e. The van der Waals surface area contributed by atoms with Crippen LogP contribution < -0.4 is 21.3 Å². The van der Waals surface area contributed by atoms with Crippen molar-refractivity contribution in [3.8, 4) is 17.3 Å². The molecule has 272 valence electrons. The molecule has 1 atom stereocenters. The number of unbranched alkanes of at least 4 members (excludes halogenated alkanes) is 1. The predicted octanol–water partition coefficient (Wildman–Crippen LogP) is 5.30. The van der Waals surface area contributed by atoms with Crippen molar-refractivity contribution in [1.29, 1.82) is 5.26 Å². The van der Waals surface area contributed by atoms with Crippen molar-refractivity contribution < 1.29 is 14.4 Å². The van der Waals surface area contributed by atoms with Crippen LogP contribution in [0.1, 0.15) is 60.9 Å². The highest BCUT2D eigenvalue weighted by molar-refractivity contribution is 7.97. The van der Waals surface area contributed by atoms with Crippen LogP contribution in [0.2, 0.25) is 0 Å². The molecule has 2 aliphatic rings. The third-order valence-corrected chi connectivity index (χ3v) is 10.5. The molecular weight excluding hydrogens is 691 g/mol. The summed E-state index contributed by atoms with van der Waals surface area (Å²) < 4.78 is 4.18. The van der Waals surface area contributed by atoms with Gasteiger partial charge in [0, 0.05) is 78.6 Å². The number of aromatic nitrogens is 5. The van der Waals surface area contributed by atoms with Gasteiger partial charge in [0.05, 0.1) is 30.3 Å². The molecule has 2 saturated heterocycles. The first-order chi connectivity index (χ1) is 25.8. The Labute approximate surface area is 311 Å². The first-order valence-corrected chi connectivity index (χ1v) is 18.8. The molecule has 1 unspecified atom stereocenters. The summed E-state index contributed by atoms with van der Waals surface area (Å²) in [5.74, 6) is 0.458. The minimum absolute atomic E-state index is 0.151. The highest BCUT2D eigenvalue weighted by Gasteiger charge is 2.45. The van der Waals surface area contributed by atoms with E-state index in [0.717, 1.165) is 65.3 Å². The number of carbonyl (C=O) groups is 3. The maximum atomic E-state index is 12.9. The Bertz CT molecular complexity index is 2150. The highest BCUT2D eigenvalue weighted by Crippen LogP contribution is 2.38. The van der Waals surface area contributed by atoms with E-state index in [1.54, 1.807) is 30.3 Å². The Kier molecular flexibility index (Phi) is 10.7. The first-order valence-electron chi connectivity index (χ1n) is 17.8. The van der Waals surface area contributed by atoms with Gasteiger partial charge in [-0.05, 0) is 67.3 Å². The van der Waals surface area contributed by atoms with Crippen molar-refractivity contribution in [2.75, 3.05) is 42.6 Å². The molecule has 2 aliphatic heterocycles. The number of piperidine rings is 1. The largest absolute Gasteiger partial charge is 0.385 e. The number of fused-ring (bicyclic) bond motifs is 1. The number of nitriles is 1. The van der Waals surface area contributed by atoms with Gasteiger partial charge in [-0.1, -0.05) is 31.0 Å². The molecule has 0 saturated carbocycles. The average Bonchev–Trinajstić information content (AvgIpc) is 3.83. The molecule has 0 radical (unpaired) electrons. The number of rotatable bonds is 15. The monoisotopic (exact) mass is 731 g/mol. The van der Waals surface area contributed by atoms with E-state index in [0.29, 0.717) is 49.5 Å². The number of amides is 3. The van der Waals surface area contributed by atoms with Crippen molar-refractivity contribution >= 4 is 58.0 Å². The summed E-state index contributed by atoms with van der Waals surface area (Å²) >= 11 is 1.77. The van der Waals surface area contributed by atoms with Gasteiger partial charge in [0.1, 0.15) is 11.2 Å². The van der Waals surface area contributed by atoms with E-state index in [2.05, 4.69) is 53.6 Å². The average molecular weight is 732 g/mol. The smallest absolute Gasteiger partial charge is 0.251 e. The summed E-state index contributed by atoms with van der Waals surface area (Å²) in [5, 5.41) is 27.2. The summed E-state index contributed by atoms with van der Waals surface area (Å²) in [5.41, 5.74) is 4.97. The fraction of sp³-hybridized carbons (Fsp3) is 0.342. The molecule has 7 rings (SSSR count). The van der Waals surface area contributed by atoms with E-state index in [1.807, 2.05) is 59.5 Å². The second kappa shape index (κ2) is 15.9. The molecule has 0 aliphatic carbocycles. The molecule has 2 fully saturated rings. The van der Waals surface area contributed by atoms with Crippen LogP contribution >= 0.6 is 11.9 Å². The van der Waals surface area contributed by atoms with E-state index < -0.39 is 0 Å². The van der Waals surface area contributed by atoms with Crippen LogP contribution in [0.3, 0.4) is 0 Å². The van der Waals surface area contributed by atoms with Crippen LogP contribution in [0.5, 0.6) is 0 Å². The molecule has 3 aromatic heterocycles. The number of benzene rings is 2. The second-order valence-corrected chi connectivity index (χ2v) is 14.7. The fourth-order valence-electron chi connectivity index (χ4n) is 6.79. The maximum absolute atomic E-state index is 12.9. The molecule has 5 heterocycles. The van der Waals surface area contributed by atoms with Crippen LogP contribution in [-0.2, 0) is 15.1 Å². The van der Waals surface area contributed by atoms with Crippen molar-refractivity contribution in [1.82, 2.24) is 39.7 Å². The Hall–Kier alpha value is -5.72. The van der Waals surface area contributed by atoms with Crippen molar-refractivity contribution in [2.24, 2.45) is 0 Å². The Balaban J connectivity index is 0.906. The molecular formula is C38H41N11O3S. The Morgan fingerprint density at radius 3 is 2.70 bits per heavy atom. The molecule has 5 aromatic rings. The van der Waals surface area contributed by atoms with Gasteiger partial charge in [-0.15, -0.1) is 0 Å². The van der Waals surface area contributed by atoms with Crippen LogP contribution in [0.25, 0.3) is 22.3 Å². The third kappa shape index (κ3) is 8.03. The second-order valence-electron chi connectivity index (χ2n) is 13.3. The fourth-order valence-corrected chi connectivity index (χ4v) is 7.82. The SMILES string of the molecule is CCSN1CC(CC#N)(n2cc(-c3nc(Nc4ccc(C(=O)NCCCCNc5cccc(C6CCC(=O)NC6=O)c5)cc4)nc4[nH]ccc34)cn2)C1. The first kappa shape index (κ1) is 35.7. The lowest BCUT2D eigenvalue weighted by Gasteiger charge is -2.48. The number of aromatic amines is 1. The summed E-state index contributed by atoms with van der Waals surface area (Å²) in [6.45, 7) is 4.89. The number of hydrogen-bond acceptors (Lipinski definition) is 11. The number of carbonyl (C=O) groups excluding carboxylic acids is 3. The minimum Gasteiger partial charge on any atom is -0.385 e. The molecule has 3 amide bonds. The van der Waals surface area contributed by atoms with Gasteiger partial charge in [-0.25, -0.2) is 9.29 Å². The van der Waals surface area contributed by atoms with E-state index in [1.165, 1.54) is 0 Å². The zero-order chi connectivity index (χ0) is 36.8. The van der Waals surface area contributed by atoms with Gasteiger partial charge in [-0.2, -0.15) is 15.3 Å². The van der Waals surface area contributed by atoms with Crippen molar-refractivity contribution in [3.05, 3.63) is 84.3 Å². The van der Waals surface area contributed by atoms with Crippen LogP contribution in [0, 0.1) is 11.3 Å². The standard InChI is InChI=1S/C38H41N11O3S/c1-2-53-48-23-38(24-48,15-16-39)49-22-27(21-43-49)33-31-14-19-41-34(31)47-37(46-33)44-28-10-8-25(9-11-28)35(51)42-18-4-3-17-40-29-7-5-6-26(20-29)30-12-13-32(50)45-36(30)52/h5-11,14,19-22,30,40H,2-4,12-13,15,17-18,23-24H2,1H3,(H,42,51)(H,45,50,52)(H2,41,44,46,47). The number of nitrogens with zero attached hydrogens (tertiary/aromatic N) is 6. The molecule has 15 heteroatoms. The van der Waals surface area contributed by atoms with Gasteiger partial charge in [0.25, 0.3) is 5.91 Å². The van der Waals surface area contributed by atoms with Gasteiger partial charge >= 0.3 is 0 Å². The van der Waals surface area contributed by atoms with Crippen LogP contribution in [0.15, 0.2) is 73.2 Å². The zero-order valence-electron chi connectivity index (χ0n) is 29.4. The molecule has 14 nitrogen and oxygen atoms in total. The quantitative estimate of drug-likeness (QED) is 0.0535. The Morgan fingerprint density at radius 2 is 1.91 bits per heavy atom. The third-order valence-electron chi connectivity index (χ3n) is 9.57. The number of anilines is 3. The molecule has 0 bridgehead atoms. The number of imide groups is 1. The van der Waals surface area contributed by atoms with Crippen molar-refractivity contribution in [3.63, 3.8) is 0 Å². The summed E-state index contributed by atoms with van der Waals surface area (Å²) in [4.78, 5) is 49.3. The summed E-state index contributed by atoms with van der Waals surface area (Å²) in [7, 11) is 0. The lowest BCUT2D eigenvalue weighted by molar-refractivity contribution is -0.134. The highest BCUT2D eigenvalue weighted by atomic mass is 32.2. The molecule has 5 N–H and O–H groups in total. The van der Waals surface area contributed by atoms with Gasteiger partial charge in [0.2, 0.25) is 17.8 Å². The van der Waals surface area contributed by atoms with E-state index >= 15 is 0 Å². The van der Waals surface area contributed by atoms with Gasteiger partial charge < -0.3 is 20.9 Å². The lowest BCUT2D eigenvalue weighted by Crippen LogP contribution is -2.60. The number of hydrogen-bond donors (Lipinski definition) is 5. The summed E-state index contributed by atoms with van der Waals surface area (Å²) in [6, 6.07) is 19.2. The molecule has 2 aromatic carbocycles. The lowest BCUT2D eigenvalue weighted by atomic mass is 9.89. The van der Waals surface area contributed by atoms with Crippen LogP contribution in [0.4, 0.5) is 17.3 Å². The molecule has 0 spiro atoms.